The number of aryl methyl sites for hydroxylation is 1. The number of rotatable bonds is 2. The summed E-state index contributed by atoms with van der Waals surface area (Å²) in [6, 6.07) is 8.22. The summed E-state index contributed by atoms with van der Waals surface area (Å²) in [4.78, 5) is 31.5. The maximum atomic E-state index is 13.7. The Morgan fingerprint density at radius 2 is 1.67 bits per heavy atom. The molecule has 0 spiro atoms. The van der Waals surface area contributed by atoms with Gasteiger partial charge in [-0.1, -0.05) is 37.5 Å². The van der Waals surface area contributed by atoms with Crippen molar-refractivity contribution < 1.29 is 4.79 Å². The number of likely N-dealkylation sites (N-methyl/N-ethyl adjacent to an activating group) is 1. The fraction of sp³-hybridized carbons (Fsp3) is 0.500. The van der Waals surface area contributed by atoms with E-state index in [0.29, 0.717) is 11.1 Å². The number of piperazine rings is 1. The van der Waals surface area contributed by atoms with Gasteiger partial charge in [-0.2, -0.15) is 0 Å². The summed E-state index contributed by atoms with van der Waals surface area (Å²) in [6.45, 7) is 3.22. The lowest BCUT2D eigenvalue weighted by molar-refractivity contribution is 0.0665. The Morgan fingerprint density at radius 1 is 0.967 bits per heavy atom. The van der Waals surface area contributed by atoms with Crippen molar-refractivity contribution >= 4 is 27.7 Å². The molecule has 2 fully saturated rings. The number of fused-ring (bicyclic) bond motifs is 3. The van der Waals surface area contributed by atoms with Crippen LogP contribution >= 0.6 is 0 Å². The van der Waals surface area contributed by atoms with Crippen molar-refractivity contribution in [1.29, 1.82) is 0 Å². The zero-order valence-electron chi connectivity index (χ0n) is 17.9. The van der Waals surface area contributed by atoms with Crippen LogP contribution in [0.5, 0.6) is 0 Å². The molecule has 30 heavy (non-hydrogen) atoms. The molecule has 0 bridgehead atoms. The largest absolute Gasteiger partial charge is 0.339 e. The van der Waals surface area contributed by atoms with Crippen LogP contribution in [0.2, 0.25) is 0 Å². The fourth-order valence-corrected chi connectivity index (χ4v) is 5.27. The van der Waals surface area contributed by atoms with Gasteiger partial charge >= 0.3 is 0 Å². The smallest absolute Gasteiger partial charge is 0.275 e. The number of nitrogens with zero attached hydrogens (tertiary/aromatic N) is 4. The summed E-state index contributed by atoms with van der Waals surface area (Å²) < 4.78 is 3.86. The van der Waals surface area contributed by atoms with E-state index >= 15 is 0 Å². The standard InChI is InChI=1S/C24H30N4O2/c1-25-12-14-27(15-13-25)23(29)19-16-28(17-8-4-3-5-9-17)24(30)22-21(19)18-10-6-7-11-20(18)26(22)2/h6-7,10-11,16-17H,3-5,8-9,12-15H2,1-2H3. The van der Waals surface area contributed by atoms with Gasteiger partial charge in [0.2, 0.25) is 0 Å². The van der Waals surface area contributed by atoms with Crippen LogP contribution in [0.15, 0.2) is 35.3 Å². The maximum Gasteiger partial charge on any atom is 0.275 e. The number of carbonyl (C=O) groups is 1. The summed E-state index contributed by atoms with van der Waals surface area (Å²) in [7, 11) is 4.04. The molecule has 3 heterocycles. The monoisotopic (exact) mass is 406 g/mol. The van der Waals surface area contributed by atoms with Gasteiger partial charge in [0.05, 0.1) is 5.56 Å². The zero-order valence-corrected chi connectivity index (χ0v) is 17.9. The van der Waals surface area contributed by atoms with Crippen molar-refractivity contribution in [2.24, 2.45) is 7.05 Å². The van der Waals surface area contributed by atoms with Crippen LogP contribution in [0.3, 0.4) is 0 Å². The van der Waals surface area contributed by atoms with Crippen molar-refractivity contribution in [3.63, 3.8) is 0 Å². The molecule has 3 aromatic rings. The van der Waals surface area contributed by atoms with Crippen LogP contribution in [0, 0.1) is 0 Å². The van der Waals surface area contributed by atoms with Crippen molar-refractivity contribution in [2.75, 3.05) is 33.2 Å². The molecule has 1 aliphatic heterocycles. The molecule has 0 atom stereocenters. The quantitative estimate of drug-likeness (QED) is 0.656. The first-order valence-electron chi connectivity index (χ1n) is 11.2. The van der Waals surface area contributed by atoms with Gasteiger partial charge < -0.3 is 18.9 Å². The Labute approximate surface area is 176 Å². The van der Waals surface area contributed by atoms with Gasteiger partial charge in [-0.3, -0.25) is 9.59 Å². The Morgan fingerprint density at radius 3 is 2.40 bits per heavy atom. The van der Waals surface area contributed by atoms with E-state index in [1.807, 2.05) is 51.5 Å². The predicted octanol–water partition coefficient (Wildman–Crippen LogP) is 3.39. The first-order chi connectivity index (χ1) is 14.6. The Hall–Kier alpha value is -2.60. The second-order valence-electron chi connectivity index (χ2n) is 8.94. The molecule has 0 unspecified atom stereocenters. The van der Waals surface area contributed by atoms with Crippen molar-refractivity contribution in [3.05, 3.63) is 46.4 Å². The zero-order chi connectivity index (χ0) is 20.8. The van der Waals surface area contributed by atoms with Crippen LogP contribution in [-0.2, 0) is 7.05 Å². The highest BCUT2D eigenvalue weighted by molar-refractivity contribution is 6.17. The number of amides is 1. The minimum absolute atomic E-state index is 0.0329. The van der Waals surface area contributed by atoms with Gasteiger partial charge in [-0.15, -0.1) is 0 Å². The molecule has 6 heteroatoms. The third-order valence-electron chi connectivity index (χ3n) is 7.07. The van der Waals surface area contributed by atoms with Crippen LogP contribution in [0.25, 0.3) is 21.8 Å². The Kier molecular flexibility index (Phi) is 4.89. The van der Waals surface area contributed by atoms with Gasteiger partial charge in [0.25, 0.3) is 11.5 Å². The lowest BCUT2D eigenvalue weighted by atomic mass is 9.94. The van der Waals surface area contributed by atoms with Gasteiger partial charge in [0.1, 0.15) is 5.52 Å². The highest BCUT2D eigenvalue weighted by atomic mass is 16.2. The molecule has 1 saturated heterocycles. The number of hydrogen-bond acceptors (Lipinski definition) is 3. The minimum Gasteiger partial charge on any atom is -0.339 e. The van der Waals surface area contributed by atoms with E-state index in [4.69, 9.17) is 0 Å². The first kappa shape index (κ1) is 19.4. The second kappa shape index (κ2) is 7.58. The highest BCUT2D eigenvalue weighted by Crippen LogP contribution is 2.33. The van der Waals surface area contributed by atoms with Crippen LogP contribution < -0.4 is 5.56 Å². The van der Waals surface area contributed by atoms with E-state index < -0.39 is 0 Å². The fourth-order valence-electron chi connectivity index (χ4n) is 5.27. The molecule has 2 aliphatic rings. The van der Waals surface area contributed by atoms with E-state index in [9.17, 15) is 9.59 Å². The summed E-state index contributed by atoms with van der Waals surface area (Å²) in [5.41, 5.74) is 2.36. The minimum atomic E-state index is 0.0329. The normalized spacial score (nSPS) is 19.1. The number of para-hydroxylation sites is 1. The van der Waals surface area contributed by atoms with E-state index in [0.717, 1.165) is 68.2 Å². The Balaban J connectivity index is 1.75. The topological polar surface area (TPSA) is 50.5 Å². The average Bonchev–Trinajstić information content (AvgIpc) is 3.08. The van der Waals surface area contributed by atoms with E-state index in [-0.39, 0.29) is 17.5 Å². The van der Waals surface area contributed by atoms with Crippen molar-refractivity contribution in [1.82, 2.24) is 18.9 Å². The SMILES string of the molecule is CN1CCN(C(=O)c2cn(C3CCCCC3)c(=O)c3c2c2ccccc2n3C)CC1. The van der Waals surface area contributed by atoms with Gasteiger partial charge in [-0.25, -0.2) is 0 Å². The molecule has 1 aromatic carbocycles. The summed E-state index contributed by atoms with van der Waals surface area (Å²) in [5, 5.41) is 1.80. The summed E-state index contributed by atoms with van der Waals surface area (Å²) in [6.07, 6.45) is 7.43. The van der Waals surface area contributed by atoms with Gasteiger partial charge in [0.15, 0.2) is 0 Å². The second-order valence-corrected chi connectivity index (χ2v) is 8.94. The lowest BCUT2D eigenvalue weighted by Crippen LogP contribution is -2.47. The molecule has 0 radical (unpaired) electrons. The van der Waals surface area contributed by atoms with Crippen LogP contribution in [0.1, 0.15) is 48.5 Å². The first-order valence-corrected chi connectivity index (χ1v) is 11.2. The van der Waals surface area contributed by atoms with Crippen LogP contribution in [0.4, 0.5) is 0 Å². The van der Waals surface area contributed by atoms with Crippen molar-refractivity contribution in [3.8, 4) is 0 Å². The van der Waals surface area contributed by atoms with Gasteiger partial charge in [-0.05, 0) is 26.0 Å². The predicted molar refractivity (Wildman–Crippen MR) is 120 cm³/mol. The summed E-state index contributed by atoms with van der Waals surface area (Å²) in [5.74, 6) is 0.0500. The Bertz CT molecular complexity index is 1160. The van der Waals surface area contributed by atoms with E-state index in [1.165, 1.54) is 6.42 Å². The van der Waals surface area contributed by atoms with E-state index in [1.54, 1.807) is 0 Å². The molecule has 1 saturated carbocycles. The molecular formula is C24H30N4O2. The molecule has 5 rings (SSSR count). The number of aromatic nitrogens is 2. The molecule has 1 aliphatic carbocycles. The van der Waals surface area contributed by atoms with Crippen LogP contribution in [-0.4, -0.2) is 58.1 Å². The number of hydrogen-bond donors (Lipinski definition) is 0. The highest BCUT2D eigenvalue weighted by Gasteiger charge is 2.28. The molecule has 158 valence electrons. The lowest BCUT2D eigenvalue weighted by Gasteiger charge is -2.33. The molecule has 0 N–H and O–H groups in total. The molecule has 2 aromatic heterocycles. The van der Waals surface area contributed by atoms with Crippen molar-refractivity contribution in [2.45, 2.75) is 38.1 Å². The van der Waals surface area contributed by atoms with E-state index in [2.05, 4.69) is 11.9 Å². The average molecular weight is 407 g/mol. The maximum absolute atomic E-state index is 13.7. The molecule has 6 nitrogen and oxygen atoms in total. The van der Waals surface area contributed by atoms with Gasteiger partial charge in [0, 0.05) is 61.8 Å². The summed E-state index contributed by atoms with van der Waals surface area (Å²) >= 11 is 0. The third kappa shape index (κ3) is 3.05. The number of carbonyl (C=O) groups excluding carboxylic acids is 1. The number of benzene rings is 1. The molecule has 1 amide bonds. The number of pyridine rings is 1. The third-order valence-corrected chi connectivity index (χ3v) is 7.07. The molecular weight excluding hydrogens is 376 g/mol.